The molecule has 0 fully saturated rings. The summed E-state index contributed by atoms with van der Waals surface area (Å²) in [6, 6.07) is 0. The van der Waals surface area contributed by atoms with E-state index < -0.39 is 0 Å². The average molecular weight is 236 g/mol. The van der Waals surface area contributed by atoms with Crippen molar-refractivity contribution in [3.8, 4) is 0 Å². The molecular formula is C15H24O2. The van der Waals surface area contributed by atoms with Gasteiger partial charge in [-0.05, 0) is 63.5 Å². The van der Waals surface area contributed by atoms with Crippen LogP contribution in [0.1, 0.15) is 58.8 Å². The number of allylic oxidation sites excluding steroid dienone is 3. The first-order valence-corrected chi connectivity index (χ1v) is 6.63. The van der Waals surface area contributed by atoms with Crippen LogP contribution in [0.15, 0.2) is 22.8 Å². The Bertz CT molecular complexity index is 324. The van der Waals surface area contributed by atoms with Crippen LogP contribution in [0.5, 0.6) is 0 Å². The Hall–Kier alpha value is -0.890. The standard InChI is InChI=1S/C15H24O2/c1-12-6-3-4-8-15(12)14(7-5-11-16)10-9-13(2)17/h7,16H,3-6,8-11H2,1-2H3/b14-7-. The minimum absolute atomic E-state index is 0.190. The first-order chi connectivity index (χ1) is 8.15. The zero-order chi connectivity index (χ0) is 12.7. The van der Waals surface area contributed by atoms with Gasteiger partial charge in [-0.2, -0.15) is 0 Å². The molecule has 0 amide bonds. The van der Waals surface area contributed by atoms with Gasteiger partial charge >= 0.3 is 0 Å². The normalized spacial score (nSPS) is 17.5. The Balaban J connectivity index is 2.77. The predicted octanol–water partition coefficient (Wildman–Crippen LogP) is 3.55. The molecule has 0 atom stereocenters. The number of ketones is 1. The second kappa shape index (κ2) is 7.44. The summed E-state index contributed by atoms with van der Waals surface area (Å²) < 4.78 is 0. The van der Waals surface area contributed by atoms with Crippen molar-refractivity contribution in [2.75, 3.05) is 6.61 Å². The molecule has 17 heavy (non-hydrogen) atoms. The molecule has 96 valence electrons. The Morgan fingerprint density at radius 1 is 1.29 bits per heavy atom. The Kier molecular flexibility index (Phi) is 6.20. The molecule has 0 saturated carbocycles. The van der Waals surface area contributed by atoms with Crippen molar-refractivity contribution in [2.45, 2.75) is 58.8 Å². The summed E-state index contributed by atoms with van der Waals surface area (Å²) in [7, 11) is 0. The highest BCUT2D eigenvalue weighted by atomic mass is 16.2. The molecule has 2 heteroatoms. The van der Waals surface area contributed by atoms with Crippen molar-refractivity contribution in [1.82, 2.24) is 0 Å². The Morgan fingerprint density at radius 2 is 2.00 bits per heavy atom. The lowest BCUT2D eigenvalue weighted by atomic mass is 9.85. The largest absolute Gasteiger partial charge is 0.396 e. The third-order valence-corrected chi connectivity index (χ3v) is 3.40. The maximum absolute atomic E-state index is 11.1. The van der Waals surface area contributed by atoms with Crippen LogP contribution >= 0.6 is 0 Å². The zero-order valence-corrected chi connectivity index (χ0v) is 11.1. The zero-order valence-electron chi connectivity index (χ0n) is 11.1. The summed E-state index contributed by atoms with van der Waals surface area (Å²) >= 11 is 0. The first kappa shape index (κ1) is 14.2. The number of aliphatic hydroxyl groups is 1. The summed E-state index contributed by atoms with van der Waals surface area (Å²) in [5.74, 6) is 0.244. The molecular weight excluding hydrogens is 212 g/mol. The second-order valence-electron chi connectivity index (χ2n) is 4.91. The van der Waals surface area contributed by atoms with Crippen molar-refractivity contribution in [3.63, 3.8) is 0 Å². The van der Waals surface area contributed by atoms with E-state index >= 15 is 0 Å². The molecule has 0 spiro atoms. The molecule has 0 aromatic heterocycles. The smallest absolute Gasteiger partial charge is 0.130 e. The maximum Gasteiger partial charge on any atom is 0.130 e. The van der Waals surface area contributed by atoms with E-state index in [1.54, 1.807) is 6.92 Å². The lowest BCUT2D eigenvalue weighted by Crippen LogP contribution is -2.03. The van der Waals surface area contributed by atoms with Crippen molar-refractivity contribution in [1.29, 1.82) is 0 Å². The van der Waals surface area contributed by atoms with Gasteiger partial charge in [0.25, 0.3) is 0 Å². The molecule has 1 aliphatic carbocycles. The molecule has 1 rings (SSSR count). The number of hydrogen-bond acceptors (Lipinski definition) is 2. The van der Waals surface area contributed by atoms with E-state index in [1.807, 2.05) is 0 Å². The van der Waals surface area contributed by atoms with Gasteiger partial charge in [0, 0.05) is 13.0 Å². The van der Waals surface area contributed by atoms with E-state index in [0.29, 0.717) is 12.8 Å². The van der Waals surface area contributed by atoms with Gasteiger partial charge in [-0.25, -0.2) is 0 Å². The first-order valence-electron chi connectivity index (χ1n) is 6.63. The molecule has 0 aromatic carbocycles. The summed E-state index contributed by atoms with van der Waals surface area (Å²) in [6.45, 7) is 4.04. The van der Waals surface area contributed by atoms with Crippen molar-refractivity contribution >= 4 is 5.78 Å². The number of aliphatic hydroxyl groups excluding tert-OH is 1. The SMILES string of the molecule is CC(=O)CC/C(=C/CCO)C1=C(C)CCCC1. The van der Waals surface area contributed by atoms with Crippen LogP contribution in [0.2, 0.25) is 0 Å². The van der Waals surface area contributed by atoms with Crippen LogP contribution < -0.4 is 0 Å². The highest BCUT2D eigenvalue weighted by Gasteiger charge is 2.13. The van der Waals surface area contributed by atoms with Gasteiger partial charge in [0.05, 0.1) is 0 Å². The summed E-state index contributed by atoms with van der Waals surface area (Å²) in [4.78, 5) is 11.1. The topological polar surface area (TPSA) is 37.3 Å². The van der Waals surface area contributed by atoms with Crippen LogP contribution in [0, 0.1) is 0 Å². The van der Waals surface area contributed by atoms with E-state index in [4.69, 9.17) is 5.11 Å². The number of carbonyl (C=O) groups is 1. The highest BCUT2D eigenvalue weighted by molar-refractivity contribution is 5.75. The van der Waals surface area contributed by atoms with Gasteiger partial charge in [0.15, 0.2) is 0 Å². The number of rotatable bonds is 6. The molecule has 0 saturated heterocycles. The van der Waals surface area contributed by atoms with Crippen molar-refractivity contribution < 1.29 is 9.90 Å². The van der Waals surface area contributed by atoms with Gasteiger partial charge in [0.2, 0.25) is 0 Å². The predicted molar refractivity (Wildman–Crippen MR) is 70.9 cm³/mol. The molecule has 0 radical (unpaired) electrons. The molecule has 0 heterocycles. The fourth-order valence-corrected chi connectivity index (χ4v) is 2.42. The van der Waals surface area contributed by atoms with Crippen LogP contribution in [-0.4, -0.2) is 17.5 Å². The van der Waals surface area contributed by atoms with Gasteiger partial charge < -0.3 is 9.90 Å². The van der Waals surface area contributed by atoms with E-state index in [9.17, 15) is 4.79 Å². The quantitative estimate of drug-likeness (QED) is 0.765. The fraction of sp³-hybridized carbons (Fsp3) is 0.667. The minimum Gasteiger partial charge on any atom is -0.396 e. The van der Waals surface area contributed by atoms with E-state index in [0.717, 1.165) is 12.8 Å². The summed E-state index contributed by atoms with van der Waals surface area (Å²) in [5, 5.41) is 8.93. The maximum atomic E-state index is 11.1. The van der Waals surface area contributed by atoms with Crippen LogP contribution in [-0.2, 0) is 4.79 Å². The monoisotopic (exact) mass is 236 g/mol. The lowest BCUT2D eigenvalue weighted by Gasteiger charge is -2.20. The van der Waals surface area contributed by atoms with E-state index in [2.05, 4.69) is 13.0 Å². The molecule has 0 aromatic rings. The third-order valence-electron chi connectivity index (χ3n) is 3.40. The van der Waals surface area contributed by atoms with E-state index in [1.165, 1.54) is 36.0 Å². The van der Waals surface area contributed by atoms with Gasteiger partial charge in [-0.1, -0.05) is 11.6 Å². The van der Waals surface area contributed by atoms with Crippen LogP contribution in [0.3, 0.4) is 0 Å². The van der Waals surface area contributed by atoms with Crippen molar-refractivity contribution in [2.24, 2.45) is 0 Å². The molecule has 0 bridgehead atoms. The van der Waals surface area contributed by atoms with Crippen LogP contribution in [0.25, 0.3) is 0 Å². The third kappa shape index (κ3) is 4.86. The molecule has 1 aliphatic rings. The Morgan fingerprint density at radius 3 is 2.59 bits per heavy atom. The molecule has 0 aliphatic heterocycles. The molecule has 2 nitrogen and oxygen atoms in total. The van der Waals surface area contributed by atoms with Gasteiger partial charge in [0.1, 0.15) is 5.78 Å². The van der Waals surface area contributed by atoms with Gasteiger partial charge in [-0.3, -0.25) is 0 Å². The minimum atomic E-state index is 0.190. The van der Waals surface area contributed by atoms with Crippen LogP contribution in [0.4, 0.5) is 0 Å². The lowest BCUT2D eigenvalue weighted by molar-refractivity contribution is -0.116. The molecule has 1 N–H and O–H groups in total. The summed E-state index contributed by atoms with van der Waals surface area (Å²) in [6.07, 6.45) is 9.14. The summed E-state index contributed by atoms with van der Waals surface area (Å²) in [5.41, 5.74) is 4.22. The van der Waals surface area contributed by atoms with Crippen molar-refractivity contribution in [3.05, 3.63) is 22.8 Å². The van der Waals surface area contributed by atoms with E-state index in [-0.39, 0.29) is 12.4 Å². The number of hydrogen-bond donors (Lipinski definition) is 1. The second-order valence-corrected chi connectivity index (χ2v) is 4.91. The average Bonchev–Trinajstić information content (AvgIpc) is 2.30. The highest BCUT2D eigenvalue weighted by Crippen LogP contribution is 2.31. The molecule has 0 unspecified atom stereocenters. The Labute approximate surface area is 104 Å². The fourth-order valence-electron chi connectivity index (χ4n) is 2.42. The number of Topliss-reactive ketones (excluding diaryl/α,β-unsaturated/α-hetero) is 1. The van der Waals surface area contributed by atoms with Gasteiger partial charge in [-0.15, -0.1) is 0 Å². The number of carbonyl (C=O) groups excluding carboxylic acids is 1.